The Kier molecular flexibility index (Phi) is 6.22. The topological polar surface area (TPSA) is 38.0 Å². The molecule has 0 saturated carbocycles. The van der Waals surface area contributed by atoms with E-state index in [9.17, 15) is 5.26 Å². The second-order valence-corrected chi connectivity index (χ2v) is 11.9. The van der Waals surface area contributed by atoms with Crippen LogP contribution in [0.3, 0.4) is 0 Å². The van der Waals surface area contributed by atoms with Crippen LogP contribution in [0.15, 0.2) is 158 Å². The predicted octanol–water partition coefficient (Wildman–Crippen LogP) is 11.6. The average Bonchev–Trinajstić information content (AvgIpc) is 3.67. The van der Waals surface area contributed by atoms with Crippen LogP contribution in [-0.4, -0.2) is 9.13 Å². The lowest BCUT2D eigenvalue weighted by atomic mass is 9.90. The first-order valence-electron chi connectivity index (χ1n) is 15.9. The van der Waals surface area contributed by atoms with E-state index in [0.29, 0.717) is 16.8 Å². The van der Waals surface area contributed by atoms with Crippen LogP contribution in [-0.2, 0) is 0 Å². The van der Waals surface area contributed by atoms with Crippen LogP contribution < -0.4 is 0 Å². The zero-order chi connectivity index (χ0) is 32.2. The van der Waals surface area contributed by atoms with Gasteiger partial charge in [0.2, 0.25) is 0 Å². The van der Waals surface area contributed by atoms with Gasteiger partial charge in [0.05, 0.1) is 46.0 Å². The second-order valence-electron chi connectivity index (χ2n) is 11.9. The molecule has 0 atom stereocenters. The highest BCUT2D eigenvalue weighted by Crippen LogP contribution is 2.44. The highest BCUT2D eigenvalue weighted by molar-refractivity contribution is 6.11. The third-order valence-corrected chi connectivity index (χ3v) is 9.41. The summed E-state index contributed by atoms with van der Waals surface area (Å²) < 4.78 is 4.54. The fourth-order valence-corrected chi connectivity index (χ4v) is 7.39. The first-order valence-corrected chi connectivity index (χ1v) is 15.9. The van der Waals surface area contributed by atoms with E-state index in [-0.39, 0.29) is 0 Å². The summed E-state index contributed by atoms with van der Waals surface area (Å²) in [6.45, 7) is 8.18. The Morgan fingerprint density at radius 1 is 0.500 bits per heavy atom. The Morgan fingerprint density at radius 3 is 1.58 bits per heavy atom. The number of fused-ring (bicyclic) bond motifs is 6. The molecule has 0 fully saturated rings. The molecule has 9 aromatic rings. The molecule has 0 unspecified atom stereocenters. The minimum absolute atomic E-state index is 0.446. The van der Waals surface area contributed by atoms with E-state index < -0.39 is 0 Å². The highest BCUT2D eigenvalue weighted by Gasteiger charge is 2.22. The molecule has 0 spiro atoms. The molecule has 2 aromatic heterocycles. The van der Waals surface area contributed by atoms with Crippen LogP contribution in [0.4, 0.5) is 5.69 Å². The molecule has 0 aliphatic heterocycles. The van der Waals surface area contributed by atoms with Crippen molar-refractivity contribution in [3.05, 3.63) is 175 Å². The van der Waals surface area contributed by atoms with E-state index in [4.69, 9.17) is 6.57 Å². The van der Waals surface area contributed by atoms with Crippen molar-refractivity contribution >= 4 is 49.3 Å². The Bertz CT molecular complexity index is 2710. The number of aromatic nitrogens is 2. The average molecular weight is 611 g/mol. The normalized spacial score (nSPS) is 11.3. The van der Waals surface area contributed by atoms with E-state index in [2.05, 4.69) is 135 Å². The standard InChI is InChI=1S/C44H26N4/c1-46-38-26-25-31(29-13-12-14-30(27-29)47-39-20-7-2-15-32(39)33-16-3-8-21-40(33)47)37(28-45)44(38)36-19-6-11-24-43(36)48-41-22-9-4-17-34(41)35-18-5-10-23-42(35)48/h2-27H. The van der Waals surface area contributed by atoms with Crippen LogP contribution >= 0.6 is 0 Å². The quantitative estimate of drug-likeness (QED) is 0.183. The van der Waals surface area contributed by atoms with Crippen molar-refractivity contribution in [2.24, 2.45) is 0 Å². The zero-order valence-corrected chi connectivity index (χ0v) is 25.8. The Balaban J connectivity index is 1.29. The number of nitrogens with zero attached hydrogens (tertiary/aromatic N) is 4. The van der Waals surface area contributed by atoms with Crippen molar-refractivity contribution in [2.45, 2.75) is 0 Å². The fourth-order valence-electron chi connectivity index (χ4n) is 7.39. The largest absolute Gasteiger partial charge is 0.309 e. The van der Waals surface area contributed by atoms with Crippen molar-refractivity contribution in [3.63, 3.8) is 0 Å². The molecule has 222 valence electrons. The van der Waals surface area contributed by atoms with Gasteiger partial charge in [-0.3, -0.25) is 0 Å². The van der Waals surface area contributed by atoms with Gasteiger partial charge >= 0.3 is 0 Å². The molecule has 4 nitrogen and oxygen atoms in total. The summed E-state index contributed by atoms with van der Waals surface area (Å²) in [5.74, 6) is 0. The highest BCUT2D eigenvalue weighted by atomic mass is 15.0. The van der Waals surface area contributed by atoms with Crippen molar-refractivity contribution in [1.82, 2.24) is 9.13 Å². The van der Waals surface area contributed by atoms with Crippen LogP contribution in [0, 0.1) is 17.9 Å². The summed E-state index contributed by atoms with van der Waals surface area (Å²) in [5.41, 5.74) is 10.4. The lowest BCUT2D eigenvalue weighted by Crippen LogP contribution is -1.99. The maximum atomic E-state index is 10.9. The van der Waals surface area contributed by atoms with Gasteiger partial charge in [-0.1, -0.05) is 115 Å². The molecule has 0 saturated heterocycles. The first kappa shape index (κ1) is 27.4. The molecule has 9 rings (SSSR count). The van der Waals surface area contributed by atoms with Gasteiger partial charge in [0.15, 0.2) is 5.69 Å². The Hall–Kier alpha value is -6.88. The summed E-state index contributed by atoms with van der Waals surface area (Å²) in [6.07, 6.45) is 0. The third-order valence-electron chi connectivity index (χ3n) is 9.41. The Morgan fingerprint density at radius 2 is 1.02 bits per heavy atom. The summed E-state index contributed by atoms with van der Waals surface area (Å²) in [7, 11) is 0. The zero-order valence-electron chi connectivity index (χ0n) is 25.8. The minimum Gasteiger partial charge on any atom is -0.309 e. The van der Waals surface area contributed by atoms with Gasteiger partial charge in [0.1, 0.15) is 0 Å². The molecule has 2 heterocycles. The number of nitriles is 1. The van der Waals surface area contributed by atoms with Gasteiger partial charge in [-0.2, -0.15) is 5.26 Å². The van der Waals surface area contributed by atoms with Gasteiger partial charge < -0.3 is 9.13 Å². The van der Waals surface area contributed by atoms with Crippen LogP contribution in [0.25, 0.3) is 82.1 Å². The number of para-hydroxylation sites is 5. The molecule has 0 bridgehead atoms. The Labute approximate surface area is 277 Å². The number of rotatable bonds is 4. The van der Waals surface area contributed by atoms with Gasteiger partial charge in [-0.25, -0.2) is 4.85 Å². The van der Waals surface area contributed by atoms with Gasteiger partial charge in [0.25, 0.3) is 0 Å². The molecule has 0 aliphatic rings. The SMILES string of the molecule is [C-]#[N+]c1ccc(-c2cccc(-n3c4ccccc4c4ccccc43)c2)c(C#N)c1-c1ccccc1-n1c2ccccc2c2ccccc21. The lowest BCUT2D eigenvalue weighted by molar-refractivity contribution is 1.18. The van der Waals surface area contributed by atoms with Crippen molar-refractivity contribution in [3.8, 4) is 39.7 Å². The van der Waals surface area contributed by atoms with Crippen molar-refractivity contribution < 1.29 is 0 Å². The molecule has 0 aliphatic carbocycles. The van der Waals surface area contributed by atoms with Gasteiger partial charge in [0, 0.05) is 32.8 Å². The van der Waals surface area contributed by atoms with Crippen LogP contribution in [0.1, 0.15) is 5.56 Å². The van der Waals surface area contributed by atoms with E-state index in [1.165, 1.54) is 10.8 Å². The predicted molar refractivity (Wildman–Crippen MR) is 197 cm³/mol. The summed E-state index contributed by atoms with van der Waals surface area (Å²) >= 11 is 0. The molecule has 0 amide bonds. The molecule has 0 radical (unpaired) electrons. The maximum Gasteiger partial charge on any atom is 0.196 e. The monoisotopic (exact) mass is 610 g/mol. The van der Waals surface area contributed by atoms with Crippen LogP contribution in [0.5, 0.6) is 0 Å². The number of hydrogen-bond acceptors (Lipinski definition) is 1. The first-order chi connectivity index (χ1) is 23.8. The molecular weight excluding hydrogens is 585 g/mol. The summed E-state index contributed by atoms with van der Waals surface area (Å²) in [5, 5.41) is 15.6. The van der Waals surface area contributed by atoms with E-state index in [0.717, 1.165) is 60.9 Å². The van der Waals surface area contributed by atoms with Crippen LogP contribution in [0.2, 0.25) is 0 Å². The van der Waals surface area contributed by atoms with E-state index in [1.54, 1.807) is 0 Å². The van der Waals surface area contributed by atoms with E-state index in [1.807, 2.05) is 42.5 Å². The van der Waals surface area contributed by atoms with Crippen molar-refractivity contribution in [2.75, 3.05) is 0 Å². The fraction of sp³-hybridized carbons (Fsp3) is 0. The molecular formula is C44H26N4. The number of hydrogen-bond donors (Lipinski definition) is 0. The lowest BCUT2D eigenvalue weighted by Gasteiger charge is -2.18. The maximum absolute atomic E-state index is 10.9. The van der Waals surface area contributed by atoms with E-state index >= 15 is 0 Å². The van der Waals surface area contributed by atoms with Gasteiger partial charge in [-0.15, -0.1) is 0 Å². The minimum atomic E-state index is 0.446. The molecule has 7 aromatic carbocycles. The second kappa shape index (κ2) is 10.9. The smallest absolute Gasteiger partial charge is 0.196 e. The molecule has 48 heavy (non-hydrogen) atoms. The third kappa shape index (κ3) is 4.01. The summed E-state index contributed by atoms with van der Waals surface area (Å²) in [4.78, 5) is 3.95. The van der Waals surface area contributed by atoms with Crippen molar-refractivity contribution in [1.29, 1.82) is 5.26 Å². The molecule has 4 heteroatoms. The van der Waals surface area contributed by atoms with Gasteiger partial charge in [-0.05, 0) is 59.2 Å². The number of benzene rings is 7. The summed E-state index contributed by atoms with van der Waals surface area (Å²) in [6, 6.07) is 56.5. The molecule has 0 N–H and O–H groups in total.